The van der Waals surface area contributed by atoms with Crippen LogP contribution in [-0.4, -0.2) is 39.7 Å². The summed E-state index contributed by atoms with van der Waals surface area (Å²) in [6.07, 6.45) is 1.88. The number of carbonyl (C=O) groups excluding carboxylic acids is 1. The van der Waals surface area contributed by atoms with E-state index in [1.165, 1.54) is 18.1 Å². The fourth-order valence-electron chi connectivity index (χ4n) is 4.87. The Hall–Kier alpha value is -3.29. The number of hydrogen-bond acceptors (Lipinski definition) is 6. The molecule has 0 bridgehead atoms. The summed E-state index contributed by atoms with van der Waals surface area (Å²) in [6.45, 7) is 12.4. The Kier molecular flexibility index (Phi) is 8.19. The lowest BCUT2D eigenvalue weighted by molar-refractivity contribution is -0.120. The first-order valence-corrected chi connectivity index (χ1v) is 13.4. The Morgan fingerprint density at radius 2 is 1.76 bits per heavy atom. The number of aromatic nitrogens is 2. The summed E-state index contributed by atoms with van der Waals surface area (Å²) in [5.41, 5.74) is 5.41. The number of benzene rings is 2. The Labute approximate surface area is 226 Å². The van der Waals surface area contributed by atoms with Gasteiger partial charge in [-0.15, -0.1) is 0 Å². The molecule has 1 saturated carbocycles. The van der Waals surface area contributed by atoms with Crippen LogP contribution in [0.2, 0.25) is 0 Å². The summed E-state index contributed by atoms with van der Waals surface area (Å²) in [6, 6.07) is 18.3. The summed E-state index contributed by atoms with van der Waals surface area (Å²) >= 11 is 0. The van der Waals surface area contributed by atoms with Crippen LogP contribution < -0.4 is 16.0 Å². The third-order valence-electron chi connectivity index (χ3n) is 7.18. The predicted molar refractivity (Wildman–Crippen MR) is 153 cm³/mol. The smallest absolute Gasteiger partial charge is 0.217 e. The van der Waals surface area contributed by atoms with Gasteiger partial charge < -0.3 is 21.1 Å². The molecule has 0 saturated heterocycles. The Morgan fingerprint density at radius 1 is 1.05 bits per heavy atom. The third-order valence-corrected chi connectivity index (χ3v) is 7.18. The molecular weight excluding hydrogens is 474 g/mol. The lowest BCUT2D eigenvalue weighted by Gasteiger charge is -2.28. The standard InChI is InChI=1S/C31H41N5O2/c1-20-16-29(34-21(2)33-20)36-26-12-10-23(11-13-26)17-27(35-22(3)37)28(38)19-32-31(14-15-31)25-9-7-8-24(18-25)30(4,5)6/h7-13,16,18,27-28,32,38H,14-15,17,19H2,1-6H3,(H,35,37)(H,33,34,36)/t27-,28+/m0/s1. The molecule has 38 heavy (non-hydrogen) atoms. The van der Waals surface area contributed by atoms with Crippen molar-refractivity contribution in [2.75, 3.05) is 11.9 Å². The quantitative estimate of drug-likeness (QED) is 0.309. The molecule has 1 fully saturated rings. The van der Waals surface area contributed by atoms with Gasteiger partial charge in [-0.2, -0.15) is 0 Å². The van der Waals surface area contributed by atoms with Crippen LogP contribution in [0, 0.1) is 13.8 Å². The first-order chi connectivity index (χ1) is 17.9. The number of carbonyl (C=O) groups is 1. The molecule has 2 aromatic carbocycles. The van der Waals surface area contributed by atoms with Gasteiger partial charge in [0.1, 0.15) is 11.6 Å². The number of anilines is 2. The maximum atomic E-state index is 12.0. The number of aryl methyl sites for hydroxylation is 2. The fraction of sp³-hybridized carbons (Fsp3) is 0.452. The maximum Gasteiger partial charge on any atom is 0.217 e. The molecule has 3 aromatic rings. The molecule has 2 atom stereocenters. The van der Waals surface area contributed by atoms with Crippen LogP contribution in [0.25, 0.3) is 0 Å². The van der Waals surface area contributed by atoms with Crippen LogP contribution in [0.4, 0.5) is 11.5 Å². The molecule has 1 aromatic heterocycles. The minimum atomic E-state index is -0.730. The molecule has 1 heterocycles. The molecule has 1 aliphatic carbocycles. The lowest BCUT2D eigenvalue weighted by Crippen LogP contribution is -2.49. The number of rotatable bonds is 10. The fourth-order valence-corrected chi connectivity index (χ4v) is 4.87. The number of nitrogens with one attached hydrogen (secondary N) is 3. The van der Waals surface area contributed by atoms with Crippen molar-refractivity contribution in [1.82, 2.24) is 20.6 Å². The zero-order valence-corrected chi connectivity index (χ0v) is 23.4. The molecule has 7 heteroatoms. The second-order valence-corrected chi connectivity index (χ2v) is 11.6. The minimum Gasteiger partial charge on any atom is -0.390 e. The minimum absolute atomic E-state index is 0.0832. The van der Waals surface area contributed by atoms with Crippen LogP contribution in [0.5, 0.6) is 0 Å². The van der Waals surface area contributed by atoms with E-state index < -0.39 is 12.1 Å². The van der Waals surface area contributed by atoms with Crippen LogP contribution >= 0.6 is 0 Å². The van der Waals surface area contributed by atoms with E-state index in [0.717, 1.165) is 41.4 Å². The number of aliphatic hydroxyl groups is 1. The highest BCUT2D eigenvalue weighted by Crippen LogP contribution is 2.46. The molecule has 0 radical (unpaired) electrons. The molecule has 1 amide bonds. The van der Waals surface area contributed by atoms with E-state index in [0.29, 0.717) is 13.0 Å². The molecule has 7 nitrogen and oxygen atoms in total. The van der Waals surface area contributed by atoms with Crippen molar-refractivity contribution < 1.29 is 9.90 Å². The highest BCUT2D eigenvalue weighted by atomic mass is 16.3. The van der Waals surface area contributed by atoms with Crippen LogP contribution in [0.15, 0.2) is 54.6 Å². The van der Waals surface area contributed by atoms with E-state index in [1.807, 2.05) is 44.2 Å². The lowest BCUT2D eigenvalue weighted by atomic mass is 9.85. The van der Waals surface area contributed by atoms with E-state index in [9.17, 15) is 9.90 Å². The molecule has 0 unspecified atom stereocenters. The zero-order chi connectivity index (χ0) is 27.5. The monoisotopic (exact) mass is 515 g/mol. The SMILES string of the molecule is CC(=O)N[C@@H](Cc1ccc(Nc2cc(C)nc(C)n2)cc1)[C@H](O)CNC1(c2cccc(C(C)(C)C)c2)CC1. The normalized spacial score (nSPS) is 16.0. The molecule has 202 valence electrons. The van der Waals surface area contributed by atoms with Crippen LogP contribution in [-0.2, 0) is 22.2 Å². The van der Waals surface area contributed by atoms with E-state index >= 15 is 0 Å². The summed E-state index contributed by atoms with van der Waals surface area (Å²) in [5, 5.41) is 21.0. The van der Waals surface area contributed by atoms with Gasteiger partial charge in [0.15, 0.2) is 0 Å². The average Bonchev–Trinajstić information content (AvgIpc) is 3.63. The van der Waals surface area contributed by atoms with Gasteiger partial charge in [0.05, 0.1) is 12.1 Å². The molecule has 1 aliphatic rings. The van der Waals surface area contributed by atoms with Crippen molar-refractivity contribution in [3.05, 3.63) is 82.8 Å². The van der Waals surface area contributed by atoms with Crippen molar-refractivity contribution in [2.24, 2.45) is 0 Å². The van der Waals surface area contributed by atoms with Gasteiger partial charge in [0.25, 0.3) is 0 Å². The number of aliphatic hydroxyl groups excluding tert-OH is 1. The van der Waals surface area contributed by atoms with Crippen molar-refractivity contribution >= 4 is 17.4 Å². The van der Waals surface area contributed by atoms with Crippen molar-refractivity contribution in [3.8, 4) is 0 Å². The summed E-state index contributed by atoms with van der Waals surface area (Å²) in [5.74, 6) is 1.32. The average molecular weight is 516 g/mol. The van der Waals surface area contributed by atoms with Crippen molar-refractivity contribution in [3.63, 3.8) is 0 Å². The maximum absolute atomic E-state index is 12.0. The van der Waals surface area contributed by atoms with E-state index in [1.54, 1.807) is 0 Å². The highest BCUT2D eigenvalue weighted by Gasteiger charge is 2.44. The summed E-state index contributed by atoms with van der Waals surface area (Å²) in [7, 11) is 0. The largest absolute Gasteiger partial charge is 0.390 e. The van der Waals surface area contributed by atoms with Crippen molar-refractivity contribution in [2.45, 2.75) is 83.9 Å². The van der Waals surface area contributed by atoms with Crippen molar-refractivity contribution in [1.29, 1.82) is 0 Å². The van der Waals surface area contributed by atoms with Crippen LogP contribution in [0.1, 0.15) is 68.7 Å². The first-order valence-electron chi connectivity index (χ1n) is 13.4. The van der Waals surface area contributed by atoms with E-state index in [-0.39, 0.29) is 16.9 Å². The van der Waals surface area contributed by atoms with Gasteiger partial charge >= 0.3 is 0 Å². The second kappa shape index (κ2) is 11.2. The zero-order valence-electron chi connectivity index (χ0n) is 23.4. The second-order valence-electron chi connectivity index (χ2n) is 11.6. The predicted octanol–water partition coefficient (Wildman–Crippen LogP) is 4.82. The summed E-state index contributed by atoms with van der Waals surface area (Å²) in [4.78, 5) is 20.7. The van der Waals surface area contributed by atoms with Gasteiger partial charge in [0, 0.05) is 36.5 Å². The van der Waals surface area contributed by atoms with Crippen LogP contribution in [0.3, 0.4) is 0 Å². The Morgan fingerprint density at radius 3 is 2.37 bits per heavy atom. The van der Waals surface area contributed by atoms with Gasteiger partial charge in [-0.25, -0.2) is 9.97 Å². The third kappa shape index (κ3) is 7.17. The topological polar surface area (TPSA) is 99.2 Å². The molecule has 4 N–H and O–H groups in total. The number of nitrogens with zero attached hydrogens (tertiary/aromatic N) is 2. The summed E-state index contributed by atoms with van der Waals surface area (Å²) < 4.78 is 0. The number of amides is 1. The molecule has 0 aliphatic heterocycles. The van der Waals surface area contributed by atoms with Gasteiger partial charge in [-0.3, -0.25) is 4.79 Å². The first kappa shape index (κ1) is 27.7. The molecular formula is C31H41N5O2. The highest BCUT2D eigenvalue weighted by molar-refractivity contribution is 5.73. The van der Waals surface area contributed by atoms with Gasteiger partial charge in [-0.05, 0) is 67.3 Å². The molecule has 0 spiro atoms. The van der Waals surface area contributed by atoms with Gasteiger partial charge in [0.2, 0.25) is 5.91 Å². The molecule has 4 rings (SSSR count). The Balaban J connectivity index is 1.40. The number of hydrogen-bond donors (Lipinski definition) is 4. The van der Waals surface area contributed by atoms with E-state index in [4.69, 9.17) is 0 Å². The van der Waals surface area contributed by atoms with Gasteiger partial charge in [-0.1, -0.05) is 57.2 Å². The Bertz CT molecular complexity index is 1240. The van der Waals surface area contributed by atoms with E-state index in [2.05, 4.69) is 71.0 Å².